The number of hydrogen-bond acceptors (Lipinski definition) is 5. The maximum atomic E-state index is 11.2. The van der Waals surface area contributed by atoms with Crippen LogP contribution in [0.4, 0.5) is 0 Å². The fourth-order valence-electron chi connectivity index (χ4n) is 1.48. The molecular weight excluding hydrogens is 300 g/mol. The average molecular weight is 310 g/mol. The van der Waals surface area contributed by atoms with Gasteiger partial charge in [-0.05, 0) is 30.3 Å². The average Bonchev–Trinajstić information content (AvgIpc) is 2.38. The van der Waals surface area contributed by atoms with Gasteiger partial charge in [0.15, 0.2) is 0 Å². The zero-order valence-electron chi connectivity index (χ0n) is 10.1. The molecular formula is C12H10N2O4S2. The van der Waals surface area contributed by atoms with E-state index >= 15 is 0 Å². The van der Waals surface area contributed by atoms with E-state index in [0.29, 0.717) is 4.90 Å². The van der Waals surface area contributed by atoms with Crippen LogP contribution in [0.3, 0.4) is 0 Å². The van der Waals surface area contributed by atoms with Gasteiger partial charge in [-0.25, -0.2) is 18.4 Å². The summed E-state index contributed by atoms with van der Waals surface area (Å²) in [7, 11) is -3.93. The smallest absolute Gasteiger partial charge is 0.336 e. The Balaban J connectivity index is 2.46. The highest BCUT2D eigenvalue weighted by Gasteiger charge is 2.16. The van der Waals surface area contributed by atoms with Crippen LogP contribution in [0.1, 0.15) is 10.4 Å². The Morgan fingerprint density at radius 3 is 2.40 bits per heavy atom. The van der Waals surface area contributed by atoms with Crippen LogP contribution in [0.2, 0.25) is 0 Å². The van der Waals surface area contributed by atoms with Gasteiger partial charge < -0.3 is 5.11 Å². The van der Waals surface area contributed by atoms with Crippen LogP contribution in [-0.2, 0) is 10.0 Å². The van der Waals surface area contributed by atoms with E-state index in [-0.39, 0.29) is 10.5 Å². The molecule has 0 radical (unpaired) electrons. The molecule has 0 fully saturated rings. The van der Waals surface area contributed by atoms with E-state index in [1.165, 1.54) is 23.9 Å². The highest BCUT2D eigenvalue weighted by atomic mass is 32.2. The molecule has 8 heteroatoms. The normalized spacial score (nSPS) is 11.2. The Kier molecular flexibility index (Phi) is 4.07. The molecule has 2 aromatic rings. The largest absolute Gasteiger partial charge is 0.478 e. The SMILES string of the molecule is NS(=O)(=O)c1ccc(Sc2ccncc2)c(C(=O)O)c1. The lowest BCUT2D eigenvalue weighted by Crippen LogP contribution is -2.13. The third-order valence-corrected chi connectivity index (χ3v) is 4.38. The van der Waals surface area contributed by atoms with E-state index < -0.39 is 16.0 Å². The summed E-state index contributed by atoms with van der Waals surface area (Å²) in [5.41, 5.74) is -0.113. The van der Waals surface area contributed by atoms with Gasteiger partial charge in [0.25, 0.3) is 0 Å². The van der Waals surface area contributed by atoms with Crippen molar-refractivity contribution in [2.24, 2.45) is 5.14 Å². The molecule has 0 bridgehead atoms. The van der Waals surface area contributed by atoms with Gasteiger partial charge in [-0.15, -0.1) is 0 Å². The van der Waals surface area contributed by atoms with Crippen molar-refractivity contribution in [2.45, 2.75) is 14.7 Å². The maximum absolute atomic E-state index is 11.2. The standard InChI is InChI=1S/C12H10N2O4S2/c13-20(17,18)9-1-2-11(10(7-9)12(15)16)19-8-3-5-14-6-4-8/h1-7H,(H,15,16)(H2,13,17,18). The molecule has 1 heterocycles. The summed E-state index contributed by atoms with van der Waals surface area (Å²) in [5, 5.41) is 14.2. The number of carboxylic acids is 1. The minimum absolute atomic E-state index is 0.113. The fraction of sp³-hybridized carbons (Fsp3) is 0. The summed E-state index contributed by atoms with van der Waals surface area (Å²) in [6.07, 6.45) is 3.17. The summed E-state index contributed by atoms with van der Waals surface area (Å²) in [6, 6.07) is 7.22. The number of aromatic nitrogens is 1. The molecule has 0 atom stereocenters. The minimum Gasteiger partial charge on any atom is -0.478 e. The van der Waals surface area contributed by atoms with Crippen LogP contribution in [0, 0.1) is 0 Å². The molecule has 0 unspecified atom stereocenters. The monoisotopic (exact) mass is 310 g/mol. The highest BCUT2D eigenvalue weighted by molar-refractivity contribution is 7.99. The van der Waals surface area contributed by atoms with Gasteiger partial charge >= 0.3 is 5.97 Å². The molecule has 3 N–H and O–H groups in total. The van der Waals surface area contributed by atoms with E-state index in [9.17, 15) is 18.3 Å². The summed E-state index contributed by atoms with van der Waals surface area (Å²) in [5.74, 6) is -1.22. The molecule has 0 saturated carbocycles. The number of nitrogens with two attached hydrogens (primary N) is 1. The Morgan fingerprint density at radius 2 is 1.85 bits per heavy atom. The maximum Gasteiger partial charge on any atom is 0.336 e. The molecule has 2 rings (SSSR count). The van der Waals surface area contributed by atoms with Crippen molar-refractivity contribution in [2.75, 3.05) is 0 Å². The molecule has 6 nitrogen and oxygen atoms in total. The third kappa shape index (κ3) is 3.35. The van der Waals surface area contributed by atoms with Crippen LogP contribution < -0.4 is 5.14 Å². The predicted octanol–water partition coefficient (Wildman–Crippen LogP) is 1.58. The number of rotatable bonds is 4. The molecule has 104 valence electrons. The van der Waals surface area contributed by atoms with Gasteiger partial charge in [0.2, 0.25) is 10.0 Å². The fourth-order valence-corrected chi connectivity index (χ4v) is 2.92. The number of sulfonamides is 1. The Hall–Kier alpha value is -1.90. The van der Waals surface area contributed by atoms with Crippen LogP contribution >= 0.6 is 11.8 Å². The molecule has 1 aromatic carbocycles. The first-order valence-corrected chi connectivity index (χ1v) is 7.72. The second-order valence-corrected chi connectivity index (χ2v) is 6.47. The lowest BCUT2D eigenvalue weighted by Gasteiger charge is -2.07. The topological polar surface area (TPSA) is 110 Å². The van der Waals surface area contributed by atoms with Crippen molar-refractivity contribution in [1.82, 2.24) is 4.98 Å². The van der Waals surface area contributed by atoms with E-state index in [1.54, 1.807) is 24.5 Å². The van der Waals surface area contributed by atoms with Gasteiger partial charge in [-0.3, -0.25) is 4.98 Å². The van der Waals surface area contributed by atoms with Gasteiger partial charge in [0.05, 0.1) is 10.5 Å². The first-order chi connectivity index (χ1) is 9.38. The molecule has 1 aromatic heterocycles. The van der Waals surface area contributed by atoms with Crippen LogP contribution in [0.25, 0.3) is 0 Å². The first kappa shape index (κ1) is 14.5. The second-order valence-electron chi connectivity index (χ2n) is 3.79. The number of primary sulfonamides is 1. The van der Waals surface area contributed by atoms with Gasteiger partial charge in [-0.2, -0.15) is 0 Å². The number of benzene rings is 1. The quantitative estimate of drug-likeness (QED) is 0.887. The first-order valence-electron chi connectivity index (χ1n) is 5.36. The predicted molar refractivity (Wildman–Crippen MR) is 73.1 cm³/mol. The summed E-state index contributed by atoms with van der Waals surface area (Å²) in [4.78, 5) is 16.1. The zero-order valence-corrected chi connectivity index (χ0v) is 11.7. The Morgan fingerprint density at radius 1 is 1.20 bits per heavy atom. The van der Waals surface area contributed by atoms with E-state index in [4.69, 9.17) is 5.14 Å². The van der Waals surface area contributed by atoms with Gasteiger partial charge in [0, 0.05) is 22.2 Å². The number of carbonyl (C=O) groups is 1. The molecule has 0 aliphatic heterocycles. The minimum atomic E-state index is -3.93. The zero-order chi connectivity index (χ0) is 14.8. The van der Waals surface area contributed by atoms with E-state index in [2.05, 4.69) is 4.98 Å². The third-order valence-electron chi connectivity index (χ3n) is 2.39. The Labute approximate surface area is 119 Å². The highest BCUT2D eigenvalue weighted by Crippen LogP contribution is 2.31. The van der Waals surface area contributed by atoms with Crippen molar-refractivity contribution in [3.63, 3.8) is 0 Å². The molecule has 0 aliphatic rings. The van der Waals surface area contributed by atoms with Crippen molar-refractivity contribution in [1.29, 1.82) is 0 Å². The van der Waals surface area contributed by atoms with Crippen molar-refractivity contribution in [3.05, 3.63) is 48.3 Å². The van der Waals surface area contributed by atoms with Gasteiger partial charge in [-0.1, -0.05) is 11.8 Å². The van der Waals surface area contributed by atoms with E-state index in [1.807, 2.05) is 0 Å². The molecule has 0 aliphatic carbocycles. The van der Waals surface area contributed by atoms with Crippen LogP contribution in [0.5, 0.6) is 0 Å². The summed E-state index contributed by atoms with van der Waals surface area (Å²) < 4.78 is 22.5. The number of hydrogen-bond donors (Lipinski definition) is 2. The van der Waals surface area contributed by atoms with Crippen molar-refractivity contribution >= 4 is 27.8 Å². The number of pyridine rings is 1. The molecule has 0 amide bonds. The molecule has 0 saturated heterocycles. The van der Waals surface area contributed by atoms with Crippen molar-refractivity contribution < 1.29 is 18.3 Å². The van der Waals surface area contributed by atoms with Gasteiger partial charge in [0.1, 0.15) is 0 Å². The molecule has 0 spiro atoms. The van der Waals surface area contributed by atoms with E-state index in [0.717, 1.165) is 11.0 Å². The lowest BCUT2D eigenvalue weighted by atomic mass is 10.2. The van der Waals surface area contributed by atoms with Crippen LogP contribution in [0.15, 0.2) is 57.4 Å². The lowest BCUT2D eigenvalue weighted by molar-refractivity contribution is 0.0693. The van der Waals surface area contributed by atoms with Crippen LogP contribution in [-0.4, -0.2) is 24.5 Å². The number of carboxylic acid groups (broad SMARTS) is 1. The number of aromatic carboxylic acids is 1. The molecule has 20 heavy (non-hydrogen) atoms. The second kappa shape index (κ2) is 5.61. The number of nitrogens with zero attached hydrogens (tertiary/aromatic N) is 1. The van der Waals surface area contributed by atoms with Crippen molar-refractivity contribution in [3.8, 4) is 0 Å². The summed E-state index contributed by atoms with van der Waals surface area (Å²) in [6.45, 7) is 0. The Bertz CT molecular complexity index is 745. The summed E-state index contributed by atoms with van der Waals surface area (Å²) >= 11 is 1.21.